The van der Waals surface area contributed by atoms with Crippen molar-refractivity contribution in [2.45, 2.75) is 52.9 Å². The molecule has 3 heteroatoms. The van der Waals surface area contributed by atoms with Gasteiger partial charge in [0, 0.05) is 19.5 Å². The number of amides is 1. The second kappa shape index (κ2) is 7.78. The van der Waals surface area contributed by atoms with Gasteiger partial charge in [-0.15, -0.1) is 0 Å². The smallest absolute Gasteiger partial charge is 0.222 e. The molecule has 1 fully saturated rings. The van der Waals surface area contributed by atoms with E-state index >= 15 is 0 Å². The van der Waals surface area contributed by atoms with Crippen molar-refractivity contribution in [3.63, 3.8) is 0 Å². The van der Waals surface area contributed by atoms with E-state index in [-0.39, 0.29) is 0 Å². The topological polar surface area (TPSA) is 46.3 Å². The number of carbonyl (C=O) groups is 1. The fraction of sp³-hybridized carbons (Fsp3) is 0.933. The summed E-state index contributed by atoms with van der Waals surface area (Å²) in [5.41, 5.74) is 5.78. The molecule has 0 aromatic carbocycles. The van der Waals surface area contributed by atoms with Crippen LogP contribution in [-0.2, 0) is 4.79 Å². The third kappa shape index (κ3) is 5.38. The van der Waals surface area contributed by atoms with Gasteiger partial charge in [-0.05, 0) is 50.0 Å². The van der Waals surface area contributed by atoms with Gasteiger partial charge in [0.1, 0.15) is 0 Å². The van der Waals surface area contributed by atoms with Gasteiger partial charge in [-0.2, -0.15) is 0 Å². The van der Waals surface area contributed by atoms with Crippen LogP contribution in [0.5, 0.6) is 0 Å². The predicted octanol–water partition coefficient (Wildman–Crippen LogP) is 2.65. The molecular formula is C15H30N2O. The average molecular weight is 254 g/mol. The Morgan fingerprint density at radius 2 is 2.06 bits per heavy atom. The molecular weight excluding hydrogens is 224 g/mol. The second-order valence-electron chi connectivity index (χ2n) is 6.35. The minimum absolute atomic E-state index is 0.320. The zero-order chi connectivity index (χ0) is 13.5. The highest BCUT2D eigenvalue weighted by molar-refractivity contribution is 5.76. The van der Waals surface area contributed by atoms with Crippen molar-refractivity contribution in [1.29, 1.82) is 0 Å². The number of rotatable bonds is 5. The van der Waals surface area contributed by atoms with Crippen LogP contribution in [0.4, 0.5) is 0 Å². The molecule has 0 spiro atoms. The van der Waals surface area contributed by atoms with E-state index in [1.165, 1.54) is 6.42 Å². The molecule has 1 aliphatic heterocycles. The summed E-state index contributed by atoms with van der Waals surface area (Å²) in [5.74, 6) is 2.07. The zero-order valence-electron chi connectivity index (χ0n) is 12.3. The Labute approximate surface area is 112 Å². The minimum atomic E-state index is 0.320. The van der Waals surface area contributed by atoms with E-state index in [0.717, 1.165) is 38.3 Å². The SMILES string of the molecule is CC(C)CC(CN)CC(=O)N1CCCC(C)CC1. The van der Waals surface area contributed by atoms with Crippen LogP contribution in [-0.4, -0.2) is 30.4 Å². The first-order valence-corrected chi connectivity index (χ1v) is 7.50. The Balaban J connectivity index is 2.42. The highest BCUT2D eigenvalue weighted by Crippen LogP contribution is 2.20. The molecule has 18 heavy (non-hydrogen) atoms. The van der Waals surface area contributed by atoms with Crippen molar-refractivity contribution >= 4 is 5.91 Å². The summed E-state index contributed by atoms with van der Waals surface area (Å²) < 4.78 is 0. The maximum absolute atomic E-state index is 12.3. The summed E-state index contributed by atoms with van der Waals surface area (Å²) >= 11 is 0. The van der Waals surface area contributed by atoms with E-state index in [1.807, 2.05) is 0 Å². The lowest BCUT2D eigenvalue weighted by molar-refractivity contribution is -0.132. The van der Waals surface area contributed by atoms with Gasteiger partial charge in [0.15, 0.2) is 0 Å². The molecule has 0 radical (unpaired) electrons. The van der Waals surface area contributed by atoms with Gasteiger partial charge in [-0.3, -0.25) is 4.79 Å². The fourth-order valence-electron chi connectivity index (χ4n) is 2.82. The fourth-order valence-corrected chi connectivity index (χ4v) is 2.82. The standard InChI is InChI=1S/C15H30N2O/c1-12(2)9-14(11-16)10-15(18)17-7-4-5-13(3)6-8-17/h12-14H,4-11,16H2,1-3H3. The Hall–Kier alpha value is -0.570. The zero-order valence-corrected chi connectivity index (χ0v) is 12.3. The van der Waals surface area contributed by atoms with Gasteiger partial charge in [0.25, 0.3) is 0 Å². The van der Waals surface area contributed by atoms with Crippen LogP contribution in [0, 0.1) is 17.8 Å². The Bertz CT molecular complexity index is 253. The van der Waals surface area contributed by atoms with Crippen LogP contribution >= 0.6 is 0 Å². The first kappa shape index (κ1) is 15.5. The third-order valence-electron chi connectivity index (χ3n) is 3.97. The third-order valence-corrected chi connectivity index (χ3v) is 3.97. The molecule has 0 saturated carbocycles. The number of carbonyl (C=O) groups excluding carboxylic acids is 1. The van der Waals surface area contributed by atoms with Gasteiger partial charge in [-0.25, -0.2) is 0 Å². The van der Waals surface area contributed by atoms with Crippen LogP contribution in [0.15, 0.2) is 0 Å². The lowest BCUT2D eigenvalue weighted by Crippen LogP contribution is -2.34. The Kier molecular flexibility index (Phi) is 6.69. The molecule has 2 atom stereocenters. The normalized spacial score (nSPS) is 22.9. The van der Waals surface area contributed by atoms with Gasteiger partial charge < -0.3 is 10.6 Å². The molecule has 0 aliphatic carbocycles. The maximum atomic E-state index is 12.3. The van der Waals surface area contributed by atoms with Crippen molar-refractivity contribution in [1.82, 2.24) is 4.90 Å². The number of likely N-dealkylation sites (tertiary alicyclic amines) is 1. The molecule has 2 N–H and O–H groups in total. The van der Waals surface area contributed by atoms with Crippen LogP contribution in [0.1, 0.15) is 52.9 Å². The van der Waals surface area contributed by atoms with Crippen LogP contribution in [0.2, 0.25) is 0 Å². The van der Waals surface area contributed by atoms with E-state index in [1.54, 1.807) is 0 Å². The largest absolute Gasteiger partial charge is 0.343 e. The van der Waals surface area contributed by atoms with E-state index in [0.29, 0.717) is 30.7 Å². The summed E-state index contributed by atoms with van der Waals surface area (Å²) in [6.45, 7) is 9.20. The number of hydrogen-bond donors (Lipinski definition) is 1. The number of nitrogens with two attached hydrogens (primary N) is 1. The molecule has 1 rings (SSSR count). The van der Waals surface area contributed by atoms with E-state index in [4.69, 9.17) is 5.73 Å². The van der Waals surface area contributed by atoms with Crippen LogP contribution < -0.4 is 5.73 Å². The first-order valence-electron chi connectivity index (χ1n) is 7.50. The lowest BCUT2D eigenvalue weighted by Gasteiger charge is -2.24. The maximum Gasteiger partial charge on any atom is 0.222 e. The average Bonchev–Trinajstić information content (AvgIpc) is 2.52. The summed E-state index contributed by atoms with van der Waals surface area (Å²) in [6, 6.07) is 0. The van der Waals surface area contributed by atoms with Crippen molar-refractivity contribution in [2.24, 2.45) is 23.5 Å². The van der Waals surface area contributed by atoms with Gasteiger partial charge in [0.05, 0.1) is 0 Å². The van der Waals surface area contributed by atoms with E-state index in [9.17, 15) is 4.79 Å². The van der Waals surface area contributed by atoms with Gasteiger partial charge in [0.2, 0.25) is 5.91 Å². The quantitative estimate of drug-likeness (QED) is 0.820. The molecule has 2 unspecified atom stereocenters. The summed E-state index contributed by atoms with van der Waals surface area (Å²) in [7, 11) is 0. The molecule has 1 aliphatic rings. The van der Waals surface area contributed by atoms with Crippen LogP contribution in [0.25, 0.3) is 0 Å². The highest BCUT2D eigenvalue weighted by Gasteiger charge is 2.21. The van der Waals surface area contributed by atoms with Gasteiger partial charge >= 0.3 is 0 Å². The molecule has 1 saturated heterocycles. The Morgan fingerprint density at radius 3 is 2.67 bits per heavy atom. The van der Waals surface area contributed by atoms with E-state index in [2.05, 4.69) is 25.7 Å². The highest BCUT2D eigenvalue weighted by atomic mass is 16.2. The predicted molar refractivity (Wildman–Crippen MR) is 76.2 cm³/mol. The summed E-state index contributed by atoms with van der Waals surface area (Å²) in [5, 5.41) is 0. The molecule has 1 amide bonds. The molecule has 0 aromatic rings. The summed E-state index contributed by atoms with van der Waals surface area (Å²) in [6.07, 6.45) is 5.28. The van der Waals surface area contributed by atoms with Crippen LogP contribution in [0.3, 0.4) is 0 Å². The molecule has 106 valence electrons. The monoisotopic (exact) mass is 254 g/mol. The number of hydrogen-bond acceptors (Lipinski definition) is 2. The van der Waals surface area contributed by atoms with Crippen molar-refractivity contribution in [2.75, 3.05) is 19.6 Å². The second-order valence-corrected chi connectivity index (χ2v) is 6.35. The van der Waals surface area contributed by atoms with E-state index < -0.39 is 0 Å². The van der Waals surface area contributed by atoms with Crippen molar-refractivity contribution in [3.8, 4) is 0 Å². The molecule has 0 bridgehead atoms. The molecule has 0 aromatic heterocycles. The summed E-state index contributed by atoms with van der Waals surface area (Å²) in [4.78, 5) is 14.3. The first-order chi connectivity index (χ1) is 8.52. The van der Waals surface area contributed by atoms with Crippen molar-refractivity contribution < 1.29 is 4.79 Å². The van der Waals surface area contributed by atoms with Gasteiger partial charge in [-0.1, -0.05) is 20.8 Å². The number of nitrogens with zero attached hydrogens (tertiary/aromatic N) is 1. The molecule has 3 nitrogen and oxygen atoms in total. The van der Waals surface area contributed by atoms with Crippen molar-refractivity contribution in [3.05, 3.63) is 0 Å². The Morgan fingerprint density at radius 1 is 1.33 bits per heavy atom. The molecule has 1 heterocycles. The minimum Gasteiger partial charge on any atom is -0.343 e. The lowest BCUT2D eigenvalue weighted by atomic mass is 9.94.